The molecule has 0 aromatic heterocycles. The molecule has 0 fully saturated rings. The summed E-state index contributed by atoms with van der Waals surface area (Å²) in [6.45, 7) is 2.32. The highest BCUT2D eigenvalue weighted by atomic mass is 32.2. The molecule has 8 nitrogen and oxygen atoms in total. The molecule has 0 aliphatic carbocycles. The number of benzene rings is 2. The Bertz CT molecular complexity index is 994. The lowest BCUT2D eigenvalue weighted by Gasteiger charge is -2.12. The van der Waals surface area contributed by atoms with Crippen LogP contribution in [-0.2, 0) is 26.1 Å². The van der Waals surface area contributed by atoms with Gasteiger partial charge in [0, 0.05) is 6.42 Å². The summed E-state index contributed by atoms with van der Waals surface area (Å²) in [6, 6.07) is 11.7. The summed E-state index contributed by atoms with van der Waals surface area (Å²) in [6.07, 6.45) is 2.98. The maximum atomic E-state index is 11.2. The number of carboxylic acid groups (broad SMARTS) is 1. The molecule has 1 N–H and O–H groups in total. The maximum absolute atomic E-state index is 11.2. The third kappa shape index (κ3) is 7.32. The lowest BCUT2D eigenvalue weighted by Crippen LogP contribution is -2.06. The zero-order valence-corrected chi connectivity index (χ0v) is 17.8. The first kappa shape index (κ1) is 23.1. The molecule has 0 spiro atoms. The molecule has 0 saturated carbocycles. The quantitative estimate of drug-likeness (QED) is 0.325. The van der Waals surface area contributed by atoms with Gasteiger partial charge in [-0.1, -0.05) is 18.2 Å². The number of methoxy groups -OCH3 is 1. The molecule has 162 valence electrons. The van der Waals surface area contributed by atoms with Crippen molar-refractivity contribution in [1.29, 1.82) is 0 Å². The minimum Gasteiger partial charge on any atom is -0.493 e. The molecule has 30 heavy (non-hydrogen) atoms. The van der Waals surface area contributed by atoms with Crippen LogP contribution < -0.4 is 13.7 Å². The van der Waals surface area contributed by atoms with Gasteiger partial charge in [0.05, 0.1) is 26.6 Å². The molecule has 2 rings (SSSR count). The van der Waals surface area contributed by atoms with E-state index in [1.165, 1.54) is 13.2 Å². The Kier molecular flexibility index (Phi) is 8.11. The van der Waals surface area contributed by atoms with Crippen LogP contribution in [0.15, 0.2) is 48.2 Å². The van der Waals surface area contributed by atoms with E-state index in [0.717, 1.165) is 11.8 Å². The first-order valence-corrected chi connectivity index (χ1v) is 10.9. The summed E-state index contributed by atoms with van der Waals surface area (Å²) < 4.78 is 43.3. The summed E-state index contributed by atoms with van der Waals surface area (Å²) >= 11 is 0. The van der Waals surface area contributed by atoms with E-state index in [4.69, 9.17) is 23.5 Å². The molecule has 0 bridgehead atoms. The number of aliphatic carboxylic acids is 1. The molecule has 0 amide bonds. The molecule has 0 aliphatic rings. The van der Waals surface area contributed by atoms with Gasteiger partial charge in [0.2, 0.25) is 5.76 Å². The van der Waals surface area contributed by atoms with Crippen molar-refractivity contribution >= 4 is 22.2 Å². The van der Waals surface area contributed by atoms with E-state index < -0.39 is 16.1 Å². The highest BCUT2D eigenvalue weighted by Gasteiger charge is 2.11. The SMILES string of the molecule is CCOC(=Cc1ccc(OCCc2ccc(OS(C)(=O)=O)cc2)c(OC)c1)C(=O)O. The highest BCUT2D eigenvalue weighted by Crippen LogP contribution is 2.29. The van der Waals surface area contributed by atoms with Crippen LogP contribution >= 0.6 is 0 Å². The van der Waals surface area contributed by atoms with Gasteiger partial charge in [-0.2, -0.15) is 8.42 Å². The van der Waals surface area contributed by atoms with Gasteiger partial charge < -0.3 is 23.5 Å². The molecule has 2 aromatic carbocycles. The summed E-state index contributed by atoms with van der Waals surface area (Å²) in [5.41, 5.74) is 1.55. The van der Waals surface area contributed by atoms with E-state index in [-0.39, 0.29) is 18.1 Å². The molecular weight excluding hydrogens is 412 g/mol. The van der Waals surface area contributed by atoms with Gasteiger partial charge in [0.25, 0.3) is 0 Å². The van der Waals surface area contributed by atoms with E-state index in [2.05, 4.69) is 0 Å². The van der Waals surface area contributed by atoms with Gasteiger partial charge in [-0.25, -0.2) is 4.79 Å². The van der Waals surface area contributed by atoms with E-state index >= 15 is 0 Å². The molecular formula is C21H24O8S. The van der Waals surface area contributed by atoms with E-state index in [1.54, 1.807) is 49.4 Å². The molecule has 2 aromatic rings. The average Bonchev–Trinajstić information content (AvgIpc) is 2.68. The number of hydrogen-bond acceptors (Lipinski definition) is 7. The predicted molar refractivity (Wildman–Crippen MR) is 111 cm³/mol. The van der Waals surface area contributed by atoms with E-state index in [1.807, 2.05) is 0 Å². The van der Waals surface area contributed by atoms with Crippen LogP contribution in [0.3, 0.4) is 0 Å². The van der Waals surface area contributed by atoms with Gasteiger partial charge in [-0.05, 0) is 48.4 Å². The lowest BCUT2D eigenvalue weighted by molar-refractivity contribution is -0.136. The number of carboxylic acids is 1. The minimum atomic E-state index is -3.55. The molecule has 0 atom stereocenters. The first-order chi connectivity index (χ1) is 14.2. The van der Waals surface area contributed by atoms with Crippen LogP contribution in [0, 0.1) is 0 Å². The van der Waals surface area contributed by atoms with Crippen molar-refractivity contribution in [3.8, 4) is 17.2 Å². The van der Waals surface area contributed by atoms with Crippen LogP contribution in [0.2, 0.25) is 0 Å². The van der Waals surface area contributed by atoms with Crippen molar-refractivity contribution in [2.24, 2.45) is 0 Å². The zero-order valence-electron chi connectivity index (χ0n) is 17.0. The van der Waals surface area contributed by atoms with Gasteiger partial charge in [0.1, 0.15) is 5.75 Å². The highest BCUT2D eigenvalue weighted by molar-refractivity contribution is 7.86. The Hall–Kier alpha value is -3.20. The normalized spacial score (nSPS) is 11.6. The molecule has 0 radical (unpaired) electrons. The number of ether oxygens (including phenoxy) is 3. The average molecular weight is 436 g/mol. The van der Waals surface area contributed by atoms with Crippen LogP contribution in [0.4, 0.5) is 0 Å². The van der Waals surface area contributed by atoms with Gasteiger partial charge >= 0.3 is 16.1 Å². The predicted octanol–water partition coefficient (Wildman–Crippen LogP) is 3.12. The molecule has 0 saturated heterocycles. The Morgan fingerprint density at radius 2 is 1.80 bits per heavy atom. The summed E-state index contributed by atoms with van der Waals surface area (Å²) in [4.78, 5) is 11.2. The third-order valence-corrected chi connectivity index (χ3v) is 4.31. The van der Waals surface area contributed by atoms with Crippen molar-refractivity contribution in [2.75, 3.05) is 26.6 Å². The maximum Gasteiger partial charge on any atom is 0.371 e. The Labute approximate surface area is 175 Å². The van der Waals surface area contributed by atoms with Crippen molar-refractivity contribution < 1.29 is 36.7 Å². The minimum absolute atomic E-state index is 0.156. The summed E-state index contributed by atoms with van der Waals surface area (Å²) in [5.74, 6) is -0.0808. The molecule has 0 aliphatic heterocycles. The van der Waals surface area contributed by atoms with E-state index in [9.17, 15) is 13.2 Å². The van der Waals surface area contributed by atoms with Crippen molar-refractivity contribution in [2.45, 2.75) is 13.3 Å². The first-order valence-electron chi connectivity index (χ1n) is 9.09. The Morgan fingerprint density at radius 1 is 1.10 bits per heavy atom. The summed E-state index contributed by atoms with van der Waals surface area (Å²) in [5, 5.41) is 9.16. The van der Waals surface area contributed by atoms with Gasteiger partial charge in [-0.15, -0.1) is 0 Å². The summed E-state index contributed by atoms with van der Waals surface area (Å²) in [7, 11) is -2.06. The van der Waals surface area contributed by atoms with Gasteiger partial charge in [-0.3, -0.25) is 0 Å². The van der Waals surface area contributed by atoms with E-state index in [0.29, 0.717) is 30.1 Å². The molecule has 0 unspecified atom stereocenters. The fourth-order valence-electron chi connectivity index (χ4n) is 2.53. The van der Waals surface area contributed by atoms with Crippen LogP contribution in [0.5, 0.6) is 17.2 Å². The second kappa shape index (κ2) is 10.5. The Morgan fingerprint density at radius 3 is 2.37 bits per heavy atom. The zero-order chi connectivity index (χ0) is 22.1. The molecule has 0 heterocycles. The second-order valence-electron chi connectivity index (χ2n) is 6.19. The van der Waals surface area contributed by atoms with Crippen LogP contribution in [0.1, 0.15) is 18.1 Å². The standard InChI is InChI=1S/C21H24O8S/c1-4-27-20(21(22)23)14-16-7-10-18(19(13-16)26-2)28-12-11-15-5-8-17(9-6-15)29-30(3,24)25/h5-10,13-14H,4,11-12H2,1-3H3,(H,22,23). The van der Waals surface area contributed by atoms with Gasteiger partial charge in [0.15, 0.2) is 11.5 Å². The second-order valence-corrected chi connectivity index (χ2v) is 7.76. The number of hydrogen-bond donors (Lipinski definition) is 1. The van der Waals surface area contributed by atoms with Crippen LogP contribution in [0.25, 0.3) is 6.08 Å². The largest absolute Gasteiger partial charge is 0.493 e. The smallest absolute Gasteiger partial charge is 0.371 e. The monoisotopic (exact) mass is 436 g/mol. The van der Waals surface area contributed by atoms with Crippen molar-refractivity contribution in [3.05, 3.63) is 59.4 Å². The van der Waals surface area contributed by atoms with Crippen molar-refractivity contribution in [3.63, 3.8) is 0 Å². The lowest BCUT2D eigenvalue weighted by atomic mass is 10.1. The Balaban J connectivity index is 2.01. The number of rotatable bonds is 11. The molecule has 9 heteroatoms. The van der Waals surface area contributed by atoms with Crippen LogP contribution in [-0.4, -0.2) is 46.1 Å². The van der Waals surface area contributed by atoms with Crippen molar-refractivity contribution in [1.82, 2.24) is 0 Å². The third-order valence-electron chi connectivity index (χ3n) is 3.82. The topological polar surface area (TPSA) is 108 Å². The fraction of sp³-hybridized carbons (Fsp3) is 0.286. The number of carbonyl (C=O) groups is 1. The fourth-order valence-corrected chi connectivity index (χ4v) is 2.99.